The maximum Gasteiger partial charge on any atom is 0.127 e. The summed E-state index contributed by atoms with van der Waals surface area (Å²) in [7, 11) is 2.19. The Hall–Kier alpha value is -1.28. The first-order chi connectivity index (χ1) is 8.95. The normalized spacial score (nSPS) is 19.3. The van der Waals surface area contributed by atoms with Crippen LogP contribution in [0.5, 0.6) is 5.75 Å². The van der Waals surface area contributed by atoms with Gasteiger partial charge >= 0.3 is 0 Å². The van der Waals surface area contributed by atoms with Crippen molar-refractivity contribution < 1.29 is 4.74 Å². The summed E-state index contributed by atoms with van der Waals surface area (Å²) >= 11 is 0. The first kappa shape index (κ1) is 12.7. The van der Waals surface area contributed by atoms with E-state index in [-0.39, 0.29) is 5.41 Å². The Morgan fingerprint density at radius 3 is 2.68 bits per heavy atom. The monoisotopic (exact) mass is 257 g/mol. The Morgan fingerprint density at radius 2 is 1.95 bits per heavy atom. The summed E-state index contributed by atoms with van der Waals surface area (Å²) in [6.45, 7) is 9.66. The van der Waals surface area contributed by atoms with Crippen molar-refractivity contribution in [2.75, 3.05) is 20.2 Å². The van der Waals surface area contributed by atoms with E-state index in [1.807, 2.05) is 0 Å². The second kappa shape index (κ2) is 4.38. The van der Waals surface area contributed by atoms with Gasteiger partial charge in [0.25, 0.3) is 0 Å². The molecule has 0 fully saturated rings. The van der Waals surface area contributed by atoms with E-state index in [1.165, 1.54) is 22.3 Å². The molecular formula is C17H23NO. The number of nitrogens with zero attached hydrogens (tertiary/aromatic N) is 1. The molecule has 2 aliphatic heterocycles. The van der Waals surface area contributed by atoms with Gasteiger partial charge in [0.2, 0.25) is 0 Å². The van der Waals surface area contributed by atoms with Crippen molar-refractivity contribution in [1.29, 1.82) is 0 Å². The van der Waals surface area contributed by atoms with Crippen LogP contribution in [0.3, 0.4) is 0 Å². The lowest BCUT2D eigenvalue weighted by Crippen LogP contribution is -2.26. The van der Waals surface area contributed by atoms with E-state index in [9.17, 15) is 0 Å². The maximum absolute atomic E-state index is 6.00. The third kappa shape index (κ3) is 2.30. The standard InChI is InChI=1S/C17H23NO/c1-17(2,3)14-8-13-11-18(4)10-12-6-5-7-19-15(9-14)16(12)13/h6,8-9H,5,7,10-11H2,1-4H3. The Balaban J connectivity index is 2.20. The topological polar surface area (TPSA) is 12.5 Å². The van der Waals surface area contributed by atoms with Crippen LogP contribution < -0.4 is 4.74 Å². The number of hydrogen-bond donors (Lipinski definition) is 0. The Bertz CT molecular complexity index is 537. The third-order valence-electron chi connectivity index (χ3n) is 4.02. The minimum Gasteiger partial charge on any atom is -0.493 e. The molecule has 2 nitrogen and oxygen atoms in total. The number of ether oxygens (including phenoxy) is 1. The van der Waals surface area contributed by atoms with Crippen LogP contribution in [0, 0.1) is 0 Å². The number of rotatable bonds is 0. The highest BCUT2D eigenvalue weighted by Gasteiger charge is 2.26. The van der Waals surface area contributed by atoms with Gasteiger partial charge in [0, 0.05) is 25.1 Å². The number of hydrogen-bond acceptors (Lipinski definition) is 2. The van der Waals surface area contributed by atoms with E-state index in [0.29, 0.717) is 0 Å². The quantitative estimate of drug-likeness (QED) is 0.704. The molecule has 0 saturated heterocycles. The fourth-order valence-corrected chi connectivity index (χ4v) is 2.99. The minimum atomic E-state index is 0.168. The van der Waals surface area contributed by atoms with E-state index in [4.69, 9.17) is 4.74 Å². The molecule has 2 aliphatic rings. The number of benzene rings is 1. The van der Waals surface area contributed by atoms with Gasteiger partial charge in [-0.2, -0.15) is 0 Å². The lowest BCUT2D eigenvalue weighted by Gasteiger charge is -2.30. The van der Waals surface area contributed by atoms with Crippen LogP contribution in [0.15, 0.2) is 18.2 Å². The average molecular weight is 257 g/mol. The molecule has 19 heavy (non-hydrogen) atoms. The Kier molecular flexibility index (Phi) is 2.94. The zero-order chi connectivity index (χ0) is 13.6. The van der Waals surface area contributed by atoms with Crippen molar-refractivity contribution in [3.8, 4) is 5.75 Å². The second-order valence-corrected chi connectivity index (χ2v) is 6.80. The van der Waals surface area contributed by atoms with Gasteiger partial charge in [0.15, 0.2) is 0 Å². The molecule has 0 aromatic heterocycles. The molecule has 0 radical (unpaired) electrons. The maximum atomic E-state index is 6.00. The molecule has 3 rings (SSSR count). The lowest BCUT2D eigenvalue weighted by molar-refractivity contribution is 0.321. The highest BCUT2D eigenvalue weighted by Crippen LogP contribution is 2.39. The van der Waals surface area contributed by atoms with Gasteiger partial charge in [-0.05, 0) is 35.2 Å². The SMILES string of the molecule is CN1CC2=CCCOc3cc(C(C)(C)C)cc(c32)C1. The Labute approximate surface area is 116 Å². The molecule has 0 aliphatic carbocycles. The predicted octanol–water partition coefficient (Wildman–Crippen LogP) is 3.60. The first-order valence-corrected chi connectivity index (χ1v) is 7.13. The first-order valence-electron chi connectivity index (χ1n) is 7.13. The van der Waals surface area contributed by atoms with Crippen LogP contribution >= 0.6 is 0 Å². The third-order valence-corrected chi connectivity index (χ3v) is 4.02. The van der Waals surface area contributed by atoms with Crippen LogP contribution in [0.1, 0.15) is 43.9 Å². The smallest absolute Gasteiger partial charge is 0.127 e. The van der Waals surface area contributed by atoms with Crippen LogP contribution in [0.4, 0.5) is 0 Å². The van der Waals surface area contributed by atoms with Gasteiger partial charge in [-0.1, -0.05) is 32.9 Å². The zero-order valence-electron chi connectivity index (χ0n) is 12.4. The summed E-state index contributed by atoms with van der Waals surface area (Å²) in [6, 6.07) is 4.63. The van der Waals surface area contributed by atoms with Gasteiger partial charge in [-0.15, -0.1) is 0 Å². The summed E-state index contributed by atoms with van der Waals surface area (Å²) in [4.78, 5) is 2.38. The van der Waals surface area contributed by atoms with Crippen LogP contribution in [-0.4, -0.2) is 25.1 Å². The summed E-state index contributed by atoms with van der Waals surface area (Å²) in [6.07, 6.45) is 3.36. The fourth-order valence-electron chi connectivity index (χ4n) is 2.99. The summed E-state index contributed by atoms with van der Waals surface area (Å²) in [5.41, 5.74) is 5.77. The van der Waals surface area contributed by atoms with E-state index in [0.717, 1.165) is 31.9 Å². The van der Waals surface area contributed by atoms with Crippen molar-refractivity contribution in [1.82, 2.24) is 4.90 Å². The minimum absolute atomic E-state index is 0.168. The second-order valence-electron chi connectivity index (χ2n) is 6.80. The van der Waals surface area contributed by atoms with Gasteiger partial charge in [0.05, 0.1) is 6.61 Å². The van der Waals surface area contributed by atoms with Crippen LogP contribution in [0.2, 0.25) is 0 Å². The summed E-state index contributed by atoms with van der Waals surface area (Å²) in [5.74, 6) is 1.10. The molecule has 0 spiro atoms. The molecule has 1 aromatic rings. The fraction of sp³-hybridized carbons (Fsp3) is 0.529. The van der Waals surface area contributed by atoms with E-state index < -0.39 is 0 Å². The van der Waals surface area contributed by atoms with E-state index in [2.05, 4.69) is 50.9 Å². The van der Waals surface area contributed by atoms with Crippen molar-refractivity contribution in [3.05, 3.63) is 34.9 Å². The van der Waals surface area contributed by atoms with Gasteiger partial charge in [-0.3, -0.25) is 4.90 Å². The molecule has 102 valence electrons. The van der Waals surface area contributed by atoms with Crippen molar-refractivity contribution >= 4 is 5.57 Å². The molecule has 0 bridgehead atoms. The molecule has 2 heterocycles. The predicted molar refractivity (Wildman–Crippen MR) is 79.6 cm³/mol. The molecule has 0 atom stereocenters. The molecule has 0 saturated carbocycles. The highest BCUT2D eigenvalue weighted by atomic mass is 16.5. The average Bonchev–Trinajstić information content (AvgIpc) is 2.51. The summed E-state index contributed by atoms with van der Waals surface area (Å²) < 4.78 is 6.00. The van der Waals surface area contributed by atoms with E-state index in [1.54, 1.807) is 0 Å². The van der Waals surface area contributed by atoms with Crippen molar-refractivity contribution in [2.45, 2.75) is 39.2 Å². The van der Waals surface area contributed by atoms with Crippen LogP contribution in [0.25, 0.3) is 5.57 Å². The largest absolute Gasteiger partial charge is 0.493 e. The molecule has 0 amide bonds. The van der Waals surface area contributed by atoms with Crippen molar-refractivity contribution in [3.63, 3.8) is 0 Å². The van der Waals surface area contributed by atoms with Crippen LogP contribution in [-0.2, 0) is 12.0 Å². The lowest BCUT2D eigenvalue weighted by atomic mass is 9.82. The van der Waals surface area contributed by atoms with Gasteiger partial charge in [-0.25, -0.2) is 0 Å². The molecular weight excluding hydrogens is 234 g/mol. The van der Waals surface area contributed by atoms with Crippen molar-refractivity contribution in [2.24, 2.45) is 0 Å². The molecule has 1 aromatic carbocycles. The highest BCUT2D eigenvalue weighted by molar-refractivity contribution is 5.77. The molecule has 2 heteroatoms. The zero-order valence-corrected chi connectivity index (χ0v) is 12.4. The molecule has 0 unspecified atom stereocenters. The van der Waals surface area contributed by atoms with Gasteiger partial charge < -0.3 is 4.74 Å². The van der Waals surface area contributed by atoms with E-state index >= 15 is 0 Å². The Morgan fingerprint density at radius 1 is 1.16 bits per heavy atom. The van der Waals surface area contributed by atoms with Gasteiger partial charge in [0.1, 0.15) is 5.75 Å². The molecule has 0 N–H and O–H groups in total. The number of likely N-dealkylation sites (N-methyl/N-ethyl adjacent to an activating group) is 1. The summed E-state index contributed by atoms with van der Waals surface area (Å²) in [5, 5.41) is 0.